The highest BCUT2D eigenvalue weighted by Crippen LogP contribution is 2.41. The lowest BCUT2D eigenvalue weighted by Gasteiger charge is -2.24. The van der Waals surface area contributed by atoms with Gasteiger partial charge in [0.15, 0.2) is 12.2 Å². The number of nitrogens with zero attached hydrogens (tertiary/aromatic N) is 5. The molecule has 0 radical (unpaired) electrons. The molecule has 0 saturated heterocycles. The summed E-state index contributed by atoms with van der Waals surface area (Å²) >= 11 is 0. The van der Waals surface area contributed by atoms with Crippen LogP contribution in [0.15, 0.2) is 47.6 Å². The minimum Gasteiger partial charge on any atom is -0.481 e. The first-order valence-corrected chi connectivity index (χ1v) is 7.34. The van der Waals surface area contributed by atoms with Gasteiger partial charge in [-0.1, -0.05) is 6.07 Å². The van der Waals surface area contributed by atoms with E-state index in [1.807, 2.05) is 18.2 Å². The summed E-state index contributed by atoms with van der Waals surface area (Å²) in [6.07, 6.45) is 4.58. The van der Waals surface area contributed by atoms with Crippen molar-refractivity contribution in [3.63, 3.8) is 0 Å². The van der Waals surface area contributed by atoms with Crippen LogP contribution in [0.3, 0.4) is 0 Å². The third kappa shape index (κ3) is 2.25. The number of oxazole rings is 1. The zero-order chi connectivity index (χ0) is 16.5. The third-order valence-corrected chi connectivity index (χ3v) is 4.07. The van der Waals surface area contributed by atoms with E-state index >= 15 is 0 Å². The molecular weight excluding hydrogens is 306 g/mol. The van der Waals surface area contributed by atoms with Crippen molar-refractivity contribution in [2.75, 3.05) is 12.0 Å². The van der Waals surface area contributed by atoms with Gasteiger partial charge in [0.2, 0.25) is 5.88 Å². The fraction of sp³-hybridized carbons (Fsp3) is 0.176. The van der Waals surface area contributed by atoms with Crippen molar-refractivity contribution >= 4 is 5.82 Å². The first kappa shape index (κ1) is 14.2. The van der Waals surface area contributed by atoms with E-state index in [1.54, 1.807) is 19.4 Å². The summed E-state index contributed by atoms with van der Waals surface area (Å²) in [7, 11) is 1.57. The Bertz CT molecular complexity index is 917. The highest BCUT2D eigenvalue weighted by molar-refractivity contribution is 5.56. The van der Waals surface area contributed by atoms with E-state index in [0.29, 0.717) is 18.0 Å². The summed E-state index contributed by atoms with van der Waals surface area (Å²) in [5, 5.41) is 9.14. The second kappa shape index (κ2) is 5.66. The maximum Gasteiger partial charge on any atom is 0.218 e. The van der Waals surface area contributed by atoms with Crippen LogP contribution in [-0.2, 0) is 6.54 Å². The van der Waals surface area contributed by atoms with Crippen LogP contribution in [0.25, 0.3) is 0 Å². The van der Waals surface area contributed by atoms with Gasteiger partial charge in [0.05, 0.1) is 24.9 Å². The van der Waals surface area contributed by atoms with E-state index in [-0.39, 0.29) is 6.04 Å². The van der Waals surface area contributed by atoms with Crippen molar-refractivity contribution in [1.29, 1.82) is 5.26 Å². The molecule has 1 aromatic carbocycles. The number of ether oxygens (including phenoxy) is 1. The van der Waals surface area contributed by atoms with Crippen molar-refractivity contribution < 1.29 is 9.15 Å². The number of hydrogen-bond donors (Lipinski definition) is 0. The van der Waals surface area contributed by atoms with Gasteiger partial charge in [-0.25, -0.2) is 15.0 Å². The van der Waals surface area contributed by atoms with Crippen molar-refractivity contribution in [3.8, 4) is 11.9 Å². The maximum atomic E-state index is 9.14. The topological polar surface area (TPSA) is 88.1 Å². The normalized spacial score (nSPS) is 15.8. The Balaban J connectivity index is 1.83. The second-order valence-corrected chi connectivity index (χ2v) is 5.38. The minimum atomic E-state index is -0.158. The Morgan fingerprint density at radius 2 is 2.25 bits per heavy atom. The SMILES string of the molecule is COc1cc(N2Cc3cc(C#N)ccc3[C@H]2c2cnco2)ncn1. The van der Waals surface area contributed by atoms with E-state index in [4.69, 9.17) is 14.4 Å². The smallest absolute Gasteiger partial charge is 0.218 e. The molecule has 24 heavy (non-hydrogen) atoms. The fourth-order valence-electron chi connectivity index (χ4n) is 3.00. The molecule has 0 fully saturated rings. The number of methoxy groups -OCH3 is 1. The molecule has 0 aliphatic carbocycles. The predicted molar refractivity (Wildman–Crippen MR) is 84.3 cm³/mol. The first-order valence-electron chi connectivity index (χ1n) is 7.34. The van der Waals surface area contributed by atoms with Crippen LogP contribution in [0.4, 0.5) is 5.82 Å². The number of nitriles is 1. The van der Waals surface area contributed by atoms with Crippen LogP contribution >= 0.6 is 0 Å². The average Bonchev–Trinajstić information content (AvgIpc) is 3.28. The molecule has 1 aliphatic rings. The highest BCUT2D eigenvalue weighted by Gasteiger charge is 2.35. The van der Waals surface area contributed by atoms with Crippen molar-refractivity contribution in [2.24, 2.45) is 0 Å². The van der Waals surface area contributed by atoms with Crippen LogP contribution in [0.2, 0.25) is 0 Å². The Labute approximate surface area is 138 Å². The summed E-state index contributed by atoms with van der Waals surface area (Å²) in [6, 6.07) is 9.47. The molecule has 2 aromatic heterocycles. The average molecular weight is 319 g/mol. The molecule has 1 atom stereocenters. The summed E-state index contributed by atoms with van der Waals surface area (Å²) in [4.78, 5) is 14.5. The number of rotatable bonds is 3. The molecule has 0 bridgehead atoms. The lowest BCUT2D eigenvalue weighted by molar-refractivity contribution is 0.396. The van der Waals surface area contributed by atoms with E-state index in [1.165, 1.54) is 12.7 Å². The Hall–Kier alpha value is -3.40. The molecular formula is C17H13N5O2. The number of anilines is 1. The van der Waals surface area contributed by atoms with Gasteiger partial charge in [-0.15, -0.1) is 0 Å². The van der Waals surface area contributed by atoms with Gasteiger partial charge in [0.25, 0.3) is 0 Å². The molecule has 0 saturated carbocycles. The summed E-state index contributed by atoms with van der Waals surface area (Å²) < 4.78 is 10.7. The van der Waals surface area contributed by atoms with Crippen LogP contribution in [0.1, 0.15) is 28.5 Å². The molecule has 7 nitrogen and oxygen atoms in total. The van der Waals surface area contributed by atoms with Gasteiger partial charge < -0.3 is 14.1 Å². The van der Waals surface area contributed by atoms with Crippen LogP contribution < -0.4 is 9.64 Å². The van der Waals surface area contributed by atoms with Crippen LogP contribution in [0, 0.1) is 11.3 Å². The Kier molecular flexibility index (Phi) is 3.35. The van der Waals surface area contributed by atoms with Crippen molar-refractivity contribution in [1.82, 2.24) is 15.0 Å². The molecule has 4 rings (SSSR count). The zero-order valence-corrected chi connectivity index (χ0v) is 12.9. The lowest BCUT2D eigenvalue weighted by atomic mass is 10.0. The molecule has 3 heterocycles. The second-order valence-electron chi connectivity index (χ2n) is 5.38. The van der Waals surface area contributed by atoms with Gasteiger partial charge in [-0.05, 0) is 23.3 Å². The molecule has 0 unspecified atom stereocenters. The zero-order valence-electron chi connectivity index (χ0n) is 12.9. The van der Waals surface area contributed by atoms with Crippen molar-refractivity contribution in [3.05, 3.63) is 65.6 Å². The molecule has 118 valence electrons. The largest absolute Gasteiger partial charge is 0.481 e. The molecule has 1 aliphatic heterocycles. The van der Waals surface area contributed by atoms with E-state index in [0.717, 1.165) is 22.7 Å². The summed E-state index contributed by atoms with van der Waals surface area (Å²) in [5.41, 5.74) is 2.77. The quantitative estimate of drug-likeness (QED) is 0.732. The lowest BCUT2D eigenvalue weighted by Crippen LogP contribution is -2.23. The van der Waals surface area contributed by atoms with Crippen LogP contribution in [-0.4, -0.2) is 22.1 Å². The van der Waals surface area contributed by atoms with E-state index in [2.05, 4.69) is 25.9 Å². The molecule has 0 spiro atoms. The number of fused-ring (bicyclic) bond motifs is 1. The summed E-state index contributed by atoms with van der Waals surface area (Å²) in [6.45, 7) is 0.608. The van der Waals surface area contributed by atoms with E-state index in [9.17, 15) is 0 Å². The molecule has 7 heteroatoms. The van der Waals surface area contributed by atoms with Gasteiger partial charge in [-0.3, -0.25) is 0 Å². The molecule has 0 amide bonds. The fourth-order valence-corrected chi connectivity index (χ4v) is 3.00. The molecule has 3 aromatic rings. The van der Waals surface area contributed by atoms with Crippen LogP contribution in [0.5, 0.6) is 5.88 Å². The number of hydrogen-bond acceptors (Lipinski definition) is 7. The maximum absolute atomic E-state index is 9.14. The standard InChI is InChI=1S/C17H13N5O2/c1-23-16-5-15(20-9-21-16)22-8-12-4-11(6-18)2-3-13(12)17(22)14-7-19-10-24-14/h2-5,7,9-10,17H,8H2,1H3/t17-/m0/s1. The van der Waals surface area contributed by atoms with Gasteiger partial charge in [0, 0.05) is 12.6 Å². The minimum absolute atomic E-state index is 0.158. The number of aromatic nitrogens is 3. The number of benzene rings is 1. The Morgan fingerprint density at radius 3 is 3.00 bits per heavy atom. The summed E-state index contributed by atoms with van der Waals surface area (Å²) in [5.74, 6) is 1.93. The van der Waals surface area contributed by atoms with Gasteiger partial charge in [-0.2, -0.15) is 5.26 Å². The first-order chi connectivity index (χ1) is 11.8. The van der Waals surface area contributed by atoms with Gasteiger partial charge >= 0.3 is 0 Å². The van der Waals surface area contributed by atoms with E-state index < -0.39 is 0 Å². The van der Waals surface area contributed by atoms with Crippen molar-refractivity contribution in [2.45, 2.75) is 12.6 Å². The molecule has 0 N–H and O–H groups in total. The predicted octanol–water partition coefficient (Wildman–Crippen LogP) is 2.45. The monoisotopic (exact) mass is 319 g/mol. The third-order valence-electron chi connectivity index (χ3n) is 4.07. The highest BCUT2D eigenvalue weighted by atomic mass is 16.5. The van der Waals surface area contributed by atoms with Gasteiger partial charge in [0.1, 0.15) is 18.2 Å². The Morgan fingerprint density at radius 1 is 1.33 bits per heavy atom.